The van der Waals surface area contributed by atoms with E-state index in [0.29, 0.717) is 10.2 Å². The number of aromatic nitrogens is 1. The van der Waals surface area contributed by atoms with Crippen LogP contribution in [0.2, 0.25) is 10.2 Å². The zero-order valence-corrected chi connectivity index (χ0v) is 9.33. The van der Waals surface area contributed by atoms with Crippen LogP contribution in [-0.2, 0) is 0 Å². The summed E-state index contributed by atoms with van der Waals surface area (Å²) in [6.45, 7) is 0. The molecule has 2 rings (SSSR count). The highest BCUT2D eigenvalue weighted by Crippen LogP contribution is 2.16. The number of pyridine rings is 1. The van der Waals surface area contributed by atoms with Crippen LogP contribution in [0.5, 0.6) is 0 Å². The molecule has 3 heteroatoms. The van der Waals surface area contributed by atoms with E-state index in [2.05, 4.69) is 4.98 Å². The molecule has 0 bridgehead atoms. The molecule has 0 aliphatic rings. The molecule has 0 saturated heterocycles. The molecule has 0 fully saturated rings. The molecule has 0 unspecified atom stereocenters. The lowest BCUT2D eigenvalue weighted by atomic mass is 10.1. The minimum atomic E-state index is 0.491. The van der Waals surface area contributed by atoms with Gasteiger partial charge >= 0.3 is 0 Å². The Morgan fingerprint density at radius 3 is 2.53 bits per heavy atom. The molecule has 0 aliphatic carbocycles. The quantitative estimate of drug-likeness (QED) is 0.719. The number of halogens is 2. The van der Waals surface area contributed by atoms with Crippen LogP contribution in [-0.4, -0.2) is 4.98 Å². The standard InChI is InChI=1S/C12H8Cl2N/c13-10-4-1-3-9(7-10)8-11-5-2-6-12(14)15-11/h1-8H. The summed E-state index contributed by atoms with van der Waals surface area (Å²) in [6, 6.07) is 13.1. The van der Waals surface area contributed by atoms with Crippen LogP contribution >= 0.6 is 23.2 Å². The Morgan fingerprint density at radius 1 is 1.00 bits per heavy atom. The van der Waals surface area contributed by atoms with Gasteiger partial charge in [-0.1, -0.05) is 41.4 Å². The van der Waals surface area contributed by atoms with Crippen molar-refractivity contribution in [2.24, 2.45) is 0 Å². The van der Waals surface area contributed by atoms with Crippen LogP contribution < -0.4 is 0 Å². The lowest BCUT2D eigenvalue weighted by Crippen LogP contribution is -1.89. The van der Waals surface area contributed by atoms with E-state index in [4.69, 9.17) is 23.2 Å². The molecule has 1 nitrogen and oxygen atoms in total. The van der Waals surface area contributed by atoms with E-state index in [0.717, 1.165) is 11.3 Å². The molecule has 0 amide bonds. The van der Waals surface area contributed by atoms with Gasteiger partial charge in [-0.05, 0) is 29.8 Å². The first-order valence-electron chi connectivity index (χ1n) is 4.47. The summed E-state index contributed by atoms with van der Waals surface area (Å²) in [5, 5.41) is 1.21. The Hall–Kier alpha value is -1.05. The zero-order valence-electron chi connectivity index (χ0n) is 7.82. The van der Waals surface area contributed by atoms with Crippen LogP contribution in [0, 0.1) is 6.42 Å². The lowest BCUT2D eigenvalue weighted by molar-refractivity contribution is 1.22. The summed E-state index contributed by atoms with van der Waals surface area (Å²) in [4.78, 5) is 4.16. The highest BCUT2D eigenvalue weighted by Gasteiger charge is 1.99. The molecular weight excluding hydrogens is 229 g/mol. The normalized spacial score (nSPS) is 10.3. The lowest BCUT2D eigenvalue weighted by Gasteiger charge is -2.01. The molecule has 2 aromatic rings. The third kappa shape index (κ3) is 2.95. The number of rotatable bonds is 2. The fourth-order valence-corrected chi connectivity index (χ4v) is 1.64. The second-order valence-corrected chi connectivity index (χ2v) is 3.91. The van der Waals surface area contributed by atoms with Crippen LogP contribution in [0.1, 0.15) is 11.3 Å². The van der Waals surface area contributed by atoms with Crippen molar-refractivity contribution in [1.82, 2.24) is 4.98 Å². The molecule has 0 N–H and O–H groups in total. The van der Waals surface area contributed by atoms with Crippen molar-refractivity contribution in [3.05, 3.63) is 70.3 Å². The van der Waals surface area contributed by atoms with Crippen molar-refractivity contribution >= 4 is 23.2 Å². The summed E-state index contributed by atoms with van der Waals surface area (Å²) in [5.74, 6) is 0. The Labute approximate surface area is 98.7 Å². The average Bonchev–Trinajstić information content (AvgIpc) is 2.17. The Morgan fingerprint density at radius 2 is 1.80 bits per heavy atom. The zero-order chi connectivity index (χ0) is 10.7. The van der Waals surface area contributed by atoms with Gasteiger partial charge in [0.25, 0.3) is 0 Å². The summed E-state index contributed by atoms with van der Waals surface area (Å²) in [7, 11) is 0. The van der Waals surface area contributed by atoms with Crippen molar-refractivity contribution in [2.45, 2.75) is 0 Å². The molecular formula is C12H8Cl2N. The van der Waals surface area contributed by atoms with Gasteiger partial charge in [-0.15, -0.1) is 0 Å². The maximum absolute atomic E-state index is 5.88. The van der Waals surface area contributed by atoms with E-state index >= 15 is 0 Å². The molecule has 75 valence electrons. The van der Waals surface area contributed by atoms with Gasteiger partial charge in [0.2, 0.25) is 0 Å². The first-order chi connectivity index (χ1) is 7.24. The molecule has 1 radical (unpaired) electrons. The topological polar surface area (TPSA) is 12.9 Å². The van der Waals surface area contributed by atoms with Gasteiger partial charge in [-0.3, -0.25) is 0 Å². The minimum Gasteiger partial charge on any atom is -0.240 e. The van der Waals surface area contributed by atoms with Gasteiger partial charge < -0.3 is 0 Å². The number of benzene rings is 1. The van der Waals surface area contributed by atoms with Gasteiger partial charge in [-0.2, -0.15) is 0 Å². The molecule has 15 heavy (non-hydrogen) atoms. The van der Waals surface area contributed by atoms with Crippen molar-refractivity contribution < 1.29 is 0 Å². The van der Waals surface area contributed by atoms with Gasteiger partial charge in [0.15, 0.2) is 0 Å². The fourth-order valence-electron chi connectivity index (χ4n) is 1.27. The van der Waals surface area contributed by atoms with Crippen molar-refractivity contribution in [3.8, 4) is 0 Å². The van der Waals surface area contributed by atoms with E-state index in [1.54, 1.807) is 6.07 Å². The van der Waals surface area contributed by atoms with Crippen LogP contribution in [0.25, 0.3) is 0 Å². The average molecular weight is 237 g/mol. The van der Waals surface area contributed by atoms with Crippen molar-refractivity contribution in [2.75, 3.05) is 0 Å². The third-order valence-electron chi connectivity index (χ3n) is 1.90. The summed E-state index contributed by atoms with van der Waals surface area (Å²) < 4.78 is 0. The van der Waals surface area contributed by atoms with E-state index in [-0.39, 0.29) is 0 Å². The summed E-state index contributed by atoms with van der Waals surface area (Å²) in [5.41, 5.74) is 1.84. The number of nitrogens with zero attached hydrogens (tertiary/aromatic N) is 1. The van der Waals surface area contributed by atoms with E-state index in [1.807, 2.05) is 42.8 Å². The van der Waals surface area contributed by atoms with Crippen LogP contribution in [0.3, 0.4) is 0 Å². The number of hydrogen-bond acceptors (Lipinski definition) is 1. The molecule has 0 aliphatic heterocycles. The van der Waals surface area contributed by atoms with Gasteiger partial charge in [0.05, 0.1) is 5.69 Å². The van der Waals surface area contributed by atoms with Gasteiger partial charge in [0.1, 0.15) is 5.15 Å². The monoisotopic (exact) mass is 236 g/mol. The Balaban J connectivity index is 2.22. The predicted molar refractivity (Wildman–Crippen MR) is 63.2 cm³/mol. The van der Waals surface area contributed by atoms with E-state index in [9.17, 15) is 0 Å². The van der Waals surface area contributed by atoms with Crippen molar-refractivity contribution in [1.29, 1.82) is 0 Å². The maximum atomic E-state index is 5.88. The number of hydrogen-bond donors (Lipinski definition) is 0. The second-order valence-electron chi connectivity index (χ2n) is 3.08. The molecule has 1 aromatic carbocycles. The molecule has 0 spiro atoms. The smallest absolute Gasteiger partial charge is 0.129 e. The summed E-state index contributed by atoms with van der Waals surface area (Å²) in [6.07, 6.45) is 1.93. The Kier molecular flexibility index (Phi) is 3.24. The predicted octanol–water partition coefficient (Wildman–Crippen LogP) is 3.99. The van der Waals surface area contributed by atoms with Crippen molar-refractivity contribution in [3.63, 3.8) is 0 Å². The molecule has 1 heterocycles. The molecule has 0 saturated carbocycles. The maximum Gasteiger partial charge on any atom is 0.129 e. The van der Waals surface area contributed by atoms with E-state index in [1.165, 1.54) is 0 Å². The molecule has 1 aromatic heterocycles. The molecule has 0 atom stereocenters. The highest BCUT2D eigenvalue weighted by molar-refractivity contribution is 6.30. The minimum absolute atomic E-state index is 0.491. The third-order valence-corrected chi connectivity index (χ3v) is 2.35. The Bertz CT molecular complexity index is 425. The summed E-state index contributed by atoms with van der Waals surface area (Å²) >= 11 is 11.7. The largest absolute Gasteiger partial charge is 0.240 e. The second kappa shape index (κ2) is 4.65. The van der Waals surface area contributed by atoms with Gasteiger partial charge in [0, 0.05) is 11.4 Å². The van der Waals surface area contributed by atoms with Gasteiger partial charge in [-0.25, -0.2) is 4.98 Å². The first-order valence-corrected chi connectivity index (χ1v) is 5.22. The first kappa shape index (κ1) is 10.5. The SMILES string of the molecule is Clc1cccc([CH]c2cccc(Cl)n2)c1. The van der Waals surface area contributed by atoms with Crippen LogP contribution in [0.4, 0.5) is 0 Å². The van der Waals surface area contributed by atoms with E-state index < -0.39 is 0 Å². The highest BCUT2D eigenvalue weighted by atomic mass is 35.5. The van der Waals surface area contributed by atoms with Crippen LogP contribution in [0.15, 0.2) is 42.5 Å². The fraction of sp³-hybridized carbons (Fsp3) is 0.